The van der Waals surface area contributed by atoms with Crippen LogP contribution in [0.4, 0.5) is 0 Å². The van der Waals surface area contributed by atoms with Gasteiger partial charge in [-0.15, -0.1) is 0 Å². The number of carboxylic acids is 1. The lowest BCUT2D eigenvalue weighted by Gasteiger charge is -1.94. The van der Waals surface area contributed by atoms with Crippen molar-refractivity contribution in [3.8, 4) is 0 Å². The first-order chi connectivity index (χ1) is 7.60. The van der Waals surface area contributed by atoms with Gasteiger partial charge in [-0.25, -0.2) is 4.79 Å². The summed E-state index contributed by atoms with van der Waals surface area (Å²) in [6.45, 7) is 7.12. The molecule has 1 N–H and O–H groups in total. The summed E-state index contributed by atoms with van der Waals surface area (Å²) < 4.78 is 5.40. The predicted octanol–water partition coefficient (Wildman–Crippen LogP) is 3.43. The summed E-state index contributed by atoms with van der Waals surface area (Å²) in [7, 11) is 0. The first-order valence-electron chi connectivity index (χ1n) is 4.89. The zero-order valence-corrected chi connectivity index (χ0v) is 9.36. The maximum atomic E-state index is 10.9. The molecule has 0 spiro atoms. The van der Waals surface area contributed by atoms with Crippen molar-refractivity contribution in [3.05, 3.63) is 54.0 Å². The largest absolute Gasteiger partial charge is 0.478 e. The van der Waals surface area contributed by atoms with Gasteiger partial charge in [-0.1, -0.05) is 30.9 Å². The highest BCUT2D eigenvalue weighted by atomic mass is 16.4. The summed E-state index contributed by atoms with van der Waals surface area (Å²) >= 11 is 0. The van der Waals surface area contributed by atoms with Crippen LogP contribution in [0.15, 0.2) is 41.4 Å². The molecule has 0 atom stereocenters. The normalized spacial score (nSPS) is 12.0. The van der Waals surface area contributed by atoms with Gasteiger partial charge in [0.25, 0.3) is 0 Å². The lowest BCUT2D eigenvalue weighted by molar-refractivity contribution is 0.0695. The fourth-order valence-corrected chi connectivity index (χ4v) is 1.36. The Labute approximate surface area is 94.4 Å². The van der Waals surface area contributed by atoms with E-state index in [1.165, 1.54) is 6.07 Å². The summed E-state index contributed by atoms with van der Waals surface area (Å²) in [5.74, 6) is -0.0409. The second-order valence-electron chi connectivity index (χ2n) is 3.24. The number of hydrogen-bond donors (Lipinski definition) is 1. The van der Waals surface area contributed by atoms with Crippen LogP contribution >= 0.6 is 0 Å². The highest BCUT2D eigenvalue weighted by Crippen LogP contribution is 2.22. The fourth-order valence-electron chi connectivity index (χ4n) is 1.36. The van der Waals surface area contributed by atoms with Gasteiger partial charge in [0.15, 0.2) is 0 Å². The van der Waals surface area contributed by atoms with E-state index in [0.717, 1.165) is 5.57 Å². The van der Waals surface area contributed by atoms with E-state index >= 15 is 0 Å². The van der Waals surface area contributed by atoms with Crippen LogP contribution in [0, 0.1) is 6.92 Å². The van der Waals surface area contributed by atoms with Crippen molar-refractivity contribution >= 4 is 11.5 Å². The topological polar surface area (TPSA) is 50.4 Å². The standard InChI is InChI=1S/C13H14O3/c1-4-6-10(7-5-2)12-8-11(13(14)15)9(3)16-12/h4-8H,1H2,2-3H3,(H,14,15)/b7-5-,10-6+. The molecular formula is C13H14O3. The molecule has 16 heavy (non-hydrogen) atoms. The number of aromatic carboxylic acids is 1. The molecule has 1 aromatic heterocycles. The van der Waals surface area contributed by atoms with Gasteiger partial charge < -0.3 is 9.52 Å². The minimum absolute atomic E-state index is 0.189. The molecule has 1 aromatic rings. The third kappa shape index (κ3) is 2.51. The summed E-state index contributed by atoms with van der Waals surface area (Å²) in [4.78, 5) is 10.9. The first-order valence-corrected chi connectivity index (χ1v) is 4.89. The Morgan fingerprint density at radius 2 is 2.25 bits per heavy atom. The number of allylic oxidation sites excluding steroid dienone is 5. The van der Waals surface area contributed by atoms with Crippen molar-refractivity contribution in [1.82, 2.24) is 0 Å². The van der Waals surface area contributed by atoms with E-state index in [-0.39, 0.29) is 5.56 Å². The Morgan fingerprint density at radius 1 is 1.56 bits per heavy atom. The van der Waals surface area contributed by atoms with Crippen molar-refractivity contribution < 1.29 is 14.3 Å². The second-order valence-corrected chi connectivity index (χ2v) is 3.24. The first kappa shape index (κ1) is 12.0. The SMILES string of the molecule is C=C/C=C(\C=C/C)c1cc(C(=O)O)c(C)o1. The zero-order valence-electron chi connectivity index (χ0n) is 9.36. The zero-order chi connectivity index (χ0) is 12.1. The van der Waals surface area contributed by atoms with E-state index in [1.54, 1.807) is 19.1 Å². The highest BCUT2D eigenvalue weighted by molar-refractivity contribution is 5.90. The molecule has 0 aliphatic rings. The monoisotopic (exact) mass is 218 g/mol. The van der Waals surface area contributed by atoms with E-state index in [1.807, 2.05) is 19.1 Å². The Balaban J connectivity index is 3.22. The molecule has 1 heterocycles. The second kappa shape index (κ2) is 5.16. The van der Waals surface area contributed by atoms with Gasteiger partial charge in [0.05, 0.1) is 0 Å². The average molecular weight is 218 g/mol. The smallest absolute Gasteiger partial charge is 0.339 e. The maximum absolute atomic E-state index is 10.9. The molecule has 0 aliphatic heterocycles. The van der Waals surface area contributed by atoms with Gasteiger partial charge in [-0.05, 0) is 19.9 Å². The molecule has 0 unspecified atom stereocenters. The van der Waals surface area contributed by atoms with Crippen LogP contribution in [-0.2, 0) is 0 Å². The lowest BCUT2D eigenvalue weighted by Crippen LogP contribution is -1.94. The number of rotatable bonds is 4. The fraction of sp³-hybridized carbons (Fsp3) is 0.154. The van der Waals surface area contributed by atoms with Crippen molar-refractivity contribution in [2.24, 2.45) is 0 Å². The Morgan fingerprint density at radius 3 is 2.69 bits per heavy atom. The van der Waals surface area contributed by atoms with E-state index < -0.39 is 5.97 Å². The van der Waals surface area contributed by atoms with E-state index in [4.69, 9.17) is 9.52 Å². The molecule has 0 saturated heterocycles. The van der Waals surface area contributed by atoms with Gasteiger partial charge in [0.2, 0.25) is 0 Å². The molecule has 0 saturated carbocycles. The minimum Gasteiger partial charge on any atom is -0.478 e. The number of carbonyl (C=O) groups is 1. The molecule has 0 aliphatic carbocycles. The van der Waals surface area contributed by atoms with Gasteiger partial charge in [0.1, 0.15) is 17.1 Å². The van der Waals surface area contributed by atoms with Crippen LogP contribution in [0.3, 0.4) is 0 Å². The van der Waals surface area contributed by atoms with Gasteiger partial charge in [-0.2, -0.15) is 0 Å². The van der Waals surface area contributed by atoms with Crippen molar-refractivity contribution in [2.75, 3.05) is 0 Å². The molecule has 0 aromatic carbocycles. The van der Waals surface area contributed by atoms with Crippen molar-refractivity contribution in [3.63, 3.8) is 0 Å². The summed E-state index contributed by atoms with van der Waals surface area (Å²) in [5, 5.41) is 8.90. The van der Waals surface area contributed by atoms with Crippen LogP contribution < -0.4 is 0 Å². The Bertz CT molecular complexity index is 462. The molecule has 0 amide bonds. The van der Waals surface area contributed by atoms with Gasteiger partial charge >= 0.3 is 5.97 Å². The Hall–Kier alpha value is -2.03. The molecule has 1 rings (SSSR count). The minimum atomic E-state index is -0.981. The number of aryl methyl sites for hydroxylation is 1. The van der Waals surface area contributed by atoms with E-state index in [9.17, 15) is 4.79 Å². The van der Waals surface area contributed by atoms with E-state index in [0.29, 0.717) is 11.5 Å². The van der Waals surface area contributed by atoms with Crippen LogP contribution in [0.25, 0.3) is 5.57 Å². The molecular weight excluding hydrogens is 204 g/mol. The molecule has 3 heteroatoms. The number of furan rings is 1. The summed E-state index contributed by atoms with van der Waals surface area (Å²) in [6.07, 6.45) is 7.09. The number of carboxylic acid groups (broad SMARTS) is 1. The van der Waals surface area contributed by atoms with Crippen molar-refractivity contribution in [1.29, 1.82) is 0 Å². The van der Waals surface area contributed by atoms with Gasteiger partial charge in [0, 0.05) is 5.57 Å². The molecule has 0 bridgehead atoms. The van der Waals surface area contributed by atoms with Gasteiger partial charge in [-0.3, -0.25) is 0 Å². The summed E-state index contributed by atoms with van der Waals surface area (Å²) in [6, 6.07) is 1.52. The quantitative estimate of drug-likeness (QED) is 0.787. The average Bonchev–Trinajstić information content (AvgIpc) is 2.60. The molecule has 0 fully saturated rings. The number of hydrogen-bond acceptors (Lipinski definition) is 2. The maximum Gasteiger partial charge on any atom is 0.339 e. The van der Waals surface area contributed by atoms with Crippen LogP contribution in [0.5, 0.6) is 0 Å². The van der Waals surface area contributed by atoms with Crippen molar-refractivity contribution in [2.45, 2.75) is 13.8 Å². The third-order valence-corrected chi connectivity index (χ3v) is 2.08. The van der Waals surface area contributed by atoms with Crippen LogP contribution in [-0.4, -0.2) is 11.1 Å². The highest BCUT2D eigenvalue weighted by Gasteiger charge is 2.14. The lowest BCUT2D eigenvalue weighted by atomic mass is 10.1. The van der Waals surface area contributed by atoms with E-state index in [2.05, 4.69) is 6.58 Å². The summed E-state index contributed by atoms with van der Waals surface area (Å²) in [5.41, 5.74) is 0.988. The molecule has 0 radical (unpaired) electrons. The third-order valence-electron chi connectivity index (χ3n) is 2.08. The van der Waals surface area contributed by atoms with Crippen LogP contribution in [0.1, 0.15) is 28.8 Å². The van der Waals surface area contributed by atoms with Crippen LogP contribution in [0.2, 0.25) is 0 Å². The molecule has 84 valence electrons. The molecule has 3 nitrogen and oxygen atoms in total. The Kier molecular flexibility index (Phi) is 3.89. The predicted molar refractivity (Wildman–Crippen MR) is 63.4 cm³/mol.